The Morgan fingerprint density at radius 2 is 1.70 bits per heavy atom. The highest BCUT2D eigenvalue weighted by Gasteiger charge is 2.29. The molecular weight excluding hydrogens is 420 g/mol. The van der Waals surface area contributed by atoms with Crippen molar-refractivity contribution in [3.63, 3.8) is 0 Å². The summed E-state index contributed by atoms with van der Waals surface area (Å²) in [5.41, 5.74) is 17.9. The molecular formula is C24H46N6O3. The molecule has 0 aliphatic carbocycles. The van der Waals surface area contributed by atoms with E-state index in [1.54, 1.807) is 0 Å². The van der Waals surface area contributed by atoms with Gasteiger partial charge in [-0.1, -0.05) is 58.3 Å². The van der Waals surface area contributed by atoms with Crippen LogP contribution >= 0.6 is 0 Å². The van der Waals surface area contributed by atoms with Crippen molar-refractivity contribution in [1.82, 2.24) is 5.32 Å². The summed E-state index contributed by atoms with van der Waals surface area (Å²) in [5.74, 6) is 0.109. The standard InChI is InChI=1S/C24H46N6O3/c1-2-3-4-5-6-7-10-14-19-21(20(15-13-17-31)30-24(27)29-19)22(32)33-18-12-9-8-11-16-28-23(25)26/h19,31H,2-18H2,1H3,(H4,25,26,28)(H3,27,29,30)/t19-/m0/s1. The zero-order chi connectivity index (χ0) is 24.3. The average Bonchev–Trinajstić information content (AvgIpc) is 2.78. The van der Waals surface area contributed by atoms with Crippen LogP contribution in [-0.4, -0.2) is 48.8 Å². The predicted octanol–water partition coefficient (Wildman–Crippen LogP) is 2.82. The van der Waals surface area contributed by atoms with Crippen LogP contribution in [0.2, 0.25) is 0 Å². The van der Waals surface area contributed by atoms with Crippen LogP contribution in [0.5, 0.6) is 0 Å². The molecule has 0 spiro atoms. The van der Waals surface area contributed by atoms with Gasteiger partial charge in [-0.3, -0.25) is 4.99 Å². The summed E-state index contributed by atoms with van der Waals surface area (Å²) in [7, 11) is 0. The number of allylic oxidation sites excluding steroid dienone is 1. The molecule has 1 atom stereocenters. The Morgan fingerprint density at radius 1 is 1.03 bits per heavy atom. The number of aliphatic imine (C=N–C) groups is 2. The minimum Gasteiger partial charge on any atom is -0.462 e. The molecule has 0 unspecified atom stereocenters. The van der Waals surface area contributed by atoms with Crippen molar-refractivity contribution in [2.75, 3.05) is 19.8 Å². The summed E-state index contributed by atoms with van der Waals surface area (Å²) in [6, 6.07) is -0.289. The molecule has 0 saturated carbocycles. The molecule has 1 heterocycles. The molecule has 1 aliphatic heterocycles. The first-order valence-corrected chi connectivity index (χ1v) is 12.7. The van der Waals surface area contributed by atoms with E-state index in [0.29, 0.717) is 37.5 Å². The normalized spacial score (nSPS) is 15.7. The molecule has 0 saturated heterocycles. The molecule has 0 amide bonds. The van der Waals surface area contributed by atoms with Crippen LogP contribution in [0, 0.1) is 0 Å². The minimum absolute atomic E-state index is 0.0484. The van der Waals surface area contributed by atoms with E-state index in [4.69, 9.17) is 21.9 Å². The van der Waals surface area contributed by atoms with E-state index in [0.717, 1.165) is 50.6 Å². The van der Waals surface area contributed by atoms with Crippen LogP contribution in [0.25, 0.3) is 0 Å². The highest BCUT2D eigenvalue weighted by Crippen LogP contribution is 2.25. The van der Waals surface area contributed by atoms with Crippen molar-refractivity contribution < 1.29 is 14.6 Å². The Bertz CT molecular complexity index is 644. The van der Waals surface area contributed by atoms with Crippen LogP contribution in [-0.2, 0) is 9.53 Å². The maximum atomic E-state index is 13.0. The van der Waals surface area contributed by atoms with Crippen LogP contribution in [0.3, 0.4) is 0 Å². The van der Waals surface area contributed by atoms with Crippen LogP contribution in [0.1, 0.15) is 96.8 Å². The number of rotatable bonds is 19. The van der Waals surface area contributed by atoms with Crippen molar-refractivity contribution in [1.29, 1.82) is 0 Å². The number of aliphatic hydroxyl groups is 1. The second-order valence-electron chi connectivity index (χ2n) is 8.64. The molecule has 9 nitrogen and oxygen atoms in total. The third-order valence-corrected chi connectivity index (χ3v) is 5.70. The zero-order valence-corrected chi connectivity index (χ0v) is 20.5. The van der Waals surface area contributed by atoms with E-state index < -0.39 is 0 Å². The number of nitrogens with two attached hydrogens (primary N) is 3. The summed E-state index contributed by atoms with van der Waals surface area (Å²) in [4.78, 5) is 21.4. The molecule has 33 heavy (non-hydrogen) atoms. The van der Waals surface area contributed by atoms with E-state index in [-0.39, 0.29) is 24.6 Å². The predicted molar refractivity (Wildman–Crippen MR) is 135 cm³/mol. The second kappa shape index (κ2) is 18.2. The monoisotopic (exact) mass is 466 g/mol. The van der Waals surface area contributed by atoms with Crippen molar-refractivity contribution >= 4 is 17.9 Å². The van der Waals surface area contributed by atoms with Gasteiger partial charge in [0.1, 0.15) is 0 Å². The number of carbonyl (C=O) groups excluding carboxylic acids is 1. The molecule has 0 radical (unpaired) electrons. The van der Waals surface area contributed by atoms with Gasteiger partial charge in [0.25, 0.3) is 0 Å². The van der Waals surface area contributed by atoms with Crippen molar-refractivity contribution in [3.8, 4) is 0 Å². The summed E-state index contributed by atoms with van der Waals surface area (Å²) in [6.07, 6.45) is 13.8. The SMILES string of the molecule is CCCCCCCCC[C@@H]1N=C(N)NC(CCCO)=C1C(=O)OCCCCCCN=C(N)N. The van der Waals surface area contributed by atoms with Gasteiger partial charge in [0.05, 0.1) is 18.2 Å². The first-order valence-electron chi connectivity index (χ1n) is 12.7. The first-order chi connectivity index (χ1) is 16.0. The molecule has 0 aromatic heterocycles. The third kappa shape index (κ3) is 13.1. The number of carbonyl (C=O) groups is 1. The molecule has 1 aliphatic rings. The smallest absolute Gasteiger partial charge is 0.337 e. The fraction of sp³-hybridized carbons (Fsp3) is 0.792. The van der Waals surface area contributed by atoms with E-state index in [1.165, 1.54) is 32.1 Å². The minimum atomic E-state index is -0.333. The van der Waals surface area contributed by atoms with Crippen LogP contribution in [0.15, 0.2) is 21.3 Å². The molecule has 8 N–H and O–H groups in total. The van der Waals surface area contributed by atoms with Crippen LogP contribution < -0.4 is 22.5 Å². The molecule has 1 rings (SSSR count). The van der Waals surface area contributed by atoms with Gasteiger partial charge in [-0.2, -0.15) is 0 Å². The topological polar surface area (TPSA) is 161 Å². The molecule has 0 bridgehead atoms. The van der Waals surface area contributed by atoms with Crippen molar-refractivity contribution in [2.45, 2.75) is 103 Å². The van der Waals surface area contributed by atoms with Gasteiger partial charge >= 0.3 is 5.97 Å². The van der Waals surface area contributed by atoms with Gasteiger partial charge < -0.3 is 32.4 Å². The maximum Gasteiger partial charge on any atom is 0.337 e. The first kappa shape index (κ1) is 28.7. The van der Waals surface area contributed by atoms with Gasteiger partial charge in [0.2, 0.25) is 0 Å². The van der Waals surface area contributed by atoms with E-state index in [2.05, 4.69) is 22.2 Å². The summed E-state index contributed by atoms with van der Waals surface area (Å²) >= 11 is 0. The summed E-state index contributed by atoms with van der Waals surface area (Å²) in [6.45, 7) is 3.25. The zero-order valence-electron chi connectivity index (χ0n) is 20.5. The quantitative estimate of drug-likeness (QED) is 0.0846. The average molecular weight is 467 g/mol. The van der Waals surface area contributed by atoms with Crippen molar-refractivity contribution in [3.05, 3.63) is 11.3 Å². The summed E-state index contributed by atoms with van der Waals surface area (Å²) < 4.78 is 5.60. The van der Waals surface area contributed by atoms with Gasteiger partial charge in [0, 0.05) is 18.8 Å². The molecule has 9 heteroatoms. The van der Waals surface area contributed by atoms with Gasteiger partial charge in [-0.25, -0.2) is 9.79 Å². The largest absolute Gasteiger partial charge is 0.462 e. The number of guanidine groups is 2. The fourth-order valence-corrected chi connectivity index (χ4v) is 3.92. The molecule has 0 aromatic rings. The Balaban J connectivity index is 2.56. The Labute approximate surface area is 199 Å². The van der Waals surface area contributed by atoms with Gasteiger partial charge in [-0.05, 0) is 38.5 Å². The van der Waals surface area contributed by atoms with E-state index in [1.807, 2.05) is 0 Å². The van der Waals surface area contributed by atoms with E-state index in [9.17, 15) is 9.90 Å². The van der Waals surface area contributed by atoms with Crippen LogP contribution in [0.4, 0.5) is 0 Å². The molecule has 0 aromatic carbocycles. The number of nitrogens with zero attached hydrogens (tertiary/aromatic N) is 2. The number of hydrogen-bond donors (Lipinski definition) is 5. The number of unbranched alkanes of at least 4 members (excludes halogenated alkanes) is 9. The van der Waals surface area contributed by atoms with Gasteiger partial charge in [0.15, 0.2) is 11.9 Å². The highest BCUT2D eigenvalue weighted by atomic mass is 16.5. The number of aliphatic hydroxyl groups excluding tert-OH is 1. The lowest BCUT2D eigenvalue weighted by atomic mass is 9.95. The van der Waals surface area contributed by atoms with E-state index >= 15 is 0 Å². The Kier molecular flexibility index (Phi) is 15.8. The second-order valence-corrected chi connectivity index (χ2v) is 8.64. The number of hydrogen-bond acceptors (Lipinski definition) is 7. The number of nitrogens with one attached hydrogen (secondary N) is 1. The lowest BCUT2D eigenvalue weighted by molar-refractivity contribution is -0.139. The lowest BCUT2D eigenvalue weighted by Crippen LogP contribution is -2.40. The van der Waals surface area contributed by atoms with Crippen molar-refractivity contribution in [2.24, 2.45) is 27.2 Å². The molecule has 0 fully saturated rings. The Hall–Kier alpha value is -2.29. The number of ether oxygens (including phenoxy) is 1. The highest BCUT2D eigenvalue weighted by molar-refractivity contribution is 5.94. The Morgan fingerprint density at radius 3 is 2.39 bits per heavy atom. The maximum absolute atomic E-state index is 13.0. The third-order valence-electron chi connectivity index (χ3n) is 5.70. The molecule has 190 valence electrons. The lowest BCUT2D eigenvalue weighted by Gasteiger charge is -2.26. The fourth-order valence-electron chi connectivity index (χ4n) is 3.92. The summed E-state index contributed by atoms with van der Waals surface area (Å²) in [5, 5.41) is 12.3. The number of esters is 1. The van der Waals surface area contributed by atoms with Gasteiger partial charge in [-0.15, -0.1) is 0 Å².